The molecule has 154 valence electrons. The van der Waals surface area contributed by atoms with Gasteiger partial charge in [-0.3, -0.25) is 0 Å². The predicted molar refractivity (Wildman–Crippen MR) is 112 cm³/mol. The molecule has 3 rings (SSSR count). The molecule has 0 unspecified atom stereocenters. The number of benzene rings is 2. The molecule has 0 bridgehead atoms. The molecule has 0 fully saturated rings. The Morgan fingerprint density at radius 3 is 2.59 bits per heavy atom. The molecule has 3 aromatic rings. The average molecular weight is 421 g/mol. The molecule has 29 heavy (non-hydrogen) atoms. The van der Waals surface area contributed by atoms with Crippen LogP contribution < -0.4 is 10.1 Å². The summed E-state index contributed by atoms with van der Waals surface area (Å²) in [6.07, 6.45) is -4.72. The van der Waals surface area contributed by atoms with Crippen LogP contribution in [0.25, 0.3) is 15.9 Å². The highest BCUT2D eigenvalue weighted by Gasteiger charge is 2.31. The first kappa shape index (κ1) is 21.1. The summed E-state index contributed by atoms with van der Waals surface area (Å²) in [5.41, 5.74) is 5.74. The topological polar surface area (TPSA) is 37.4 Å². The second-order valence-electron chi connectivity index (χ2n) is 7.13. The Kier molecular flexibility index (Phi) is 5.86. The van der Waals surface area contributed by atoms with Crippen molar-refractivity contribution in [2.24, 2.45) is 0 Å². The second-order valence-corrected chi connectivity index (χ2v) is 8.16. The largest absolute Gasteiger partial charge is 0.573 e. The van der Waals surface area contributed by atoms with Crippen molar-refractivity contribution in [2.75, 3.05) is 19.4 Å². The van der Waals surface area contributed by atoms with E-state index in [4.69, 9.17) is 0 Å². The van der Waals surface area contributed by atoms with Crippen LogP contribution in [0, 0.1) is 13.8 Å². The van der Waals surface area contributed by atoms with Crippen molar-refractivity contribution in [1.82, 2.24) is 9.88 Å². The monoisotopic (exact) mass is 421 g/mol. The van der Waals surface area contributed by atoms with Crippen LogP contribution in [-0.2, 0) is 6.54 Å². The highest BCUT2D eigenvalue weighted by Crippen LogP contribution is 2.33. The molecule has 0 saturated carbocycles. The summed E-state index contributed by atoms with van der Waals surface area (Å²) in [6, 6.07) is 8.32. The number of hydrogen-bond donors (Lipinski definition) is 1. The average Bonchev–Trinajstić information content (AvgIpc) is 2.97. The minimum atomic E-state index is -4.72. The number of anilines is 1. The van der Waals surface area contributed by atoms with Crippen LogP contribution in [0.5, 0.6) is 5.75 Å². The summed E-state index contributed by atoms with van der Waals surface area (Å²) >= 11 is 1.25. The Balaban J connectivity index is 1.85. The number of thiazole rings is 1. The Hall–Kier alpha value is -2.58. The zero-order valence-corrected chi connectivity index (χ0v) is 17.5. The van der Waals surface area contributed by atoms with E-state index in [1.807, 2.05) is 21.0 Å². The fraction of sp³-hybridized carbons (Fsp3) is 0.286. The maximum absolute atomic E-state index is 12.4. The van der Waals surface area contributed by atoms with E-state index in [1.54, 1.807) is 0 Å². The fourth-order valence-electron chi connectivity index (χ4n) is 3.10. The Bertz CT molecular complexity index is 1060. The highest BCUT2D eigenvalue weighted by molar-refractivity contribution is 7.22. The van der Waals surface area contributed by atoms with E-state index < -0.39 is 6.36 Å². The fourth-order valence-corrected chi connectivity index (χ4v) is 4.02. The van der Waals surface area contributed by atoms with Gasteiger partial charge in [-0.05, 0) is 57.3 Å². The van der Waals surface area contributed by atoms with Crippen LogP contribution in [0.2, 0.25) is 0 Å². The van der Waals surface area contributed by atoms with Gasteiger partial charge in [-0.2, -0.15) is 0 Å². The number of halogens is 3. The van der Waals surface area contributed by atoms with Crippen molar-refractivity contribution in [3.63, 3.8) is 0 Å². The van der Waals surface area contributed by atoms with Crippen LogP contribution in [-0.4, -0.2) is 30.3 Å². The molecule has 8 heteroatoms. The van der Waals surface area contributed by atoms with E-state index in [0.29, 0.717) is 21.0 Å². The number of aryl methyl sites for hydroxylation is 1. The molecule has 0 saturated heterocycles. The molecule has 1 aromatic heterocycles. The molecule has 0 aliphatic carbocycles. The molecule has 0 atom stereocenters. The van der Waals surface area contributed by atoms with E-state index in [0.717, 1.165) is 23.2 Å². The molecular formula is C21H22F3N3OS. The summed E-state index contributed by atoms with van der Waals surface area (Å²) in [6.45, 7) is 9.06. The van der Waals surface area contributed by atoms with Gasteiger partial charge in [-0.15, -0.1) is 13.2 Å². The zero-order valence-electron chi connectivity index (χ0n) is 16.6. The number of aromatic nitrogens is 1. The Morgan fingerprint density at radius 1 is 1.21 bits per heavy atom. The first-order valence-electron chi connectivity index (χ1n) is 8.89. The van der Waals surface area contributed by atoms with Crippen molar-refractivity contribution in [3.8, 4) is 5.75 Å². The van der Waals surface area contributed by atoms with Crippen molar-refractivity contribution in [3.05, 3.63) is 59.2 Å². The van der Waals surface area contributed by atoms with E-state index >= 15 is 0 Å². The third kappa shape index (κ3) is 5.27. The van der Waals surface area contributed by atoms with Crippen molar-refractivity contribution < 1.29 is 17.9 Å². The number of hydrogen-bond acceptors (Lipinski definition) is 5. The van der Waals surface area contributed by atoms with Crippen molar-refractivity contribution >= 4 is 32.4 Å². The number of alkyl halides is 3. The lowest BCUT2D eigenvalue weighted by Crippen LogP contribution is -2.16. The Morgan fingerprint density at radius 2 is 1.93 bits per heavy atom. The quantitative estimate of drug-likeness (QED) is 0.533. The number of ether oxygens (including phenoxy) is 1. The van der Waals surface area contributed by atoms with Gasteiger partial charge in [0.1, 0.15) is 5.75 Å². The molecule has 0 aliphatic heterocycles. The van der Waals surface area contributed by atoms with Gasteiger partial charge in [-0.25, -0.2) is 4.98 Å². The summed E-state index contributed by atoms with van der Waals surface area (Å²) in [5, 5.41) is 3.76. The van der Waals surface area contributed by atoms with Gasteiger partial charge in [0.2, 0.25) is 0 Å². The minimum Gasteiger partial charge on any atom is -0.406 e. The zero-order chi connectivity index (χ0) is 21.3. The molecule has 1 N–H and O–H groups in total. The van der Waals surface area contributed by atoms with Gasteiger partial charge in [0.25, 0.3) is 0 Å². The van der Waals surface area contributed by atoms with E-state index in [9.17, 15) is 13.2 Å². The van der Waals surface area contributed by atoms with Gasteiger partial charge < -0.3 is 15.0 Å². The van der Waals surface area contributed by atoms with Gasteiger partial charge in [-0.1, -0.05) is 29.5 Å². The van der Waals surface area contributed by atoms with Crippen LogP contribution in [0.3, 0.4) is 0 Å². The third-order valence-corrected chi connectivity index (χ3v) is 5.26. The summed E-state index contributed by atoms with van der Waals surface area (Å²) < 4.78 is 41.9. The molecule has 0 amide bonds. The van der Waals surface area contributed by atoms with Gasteiger partial charge in [0, 0.05) is 23.9 Å². The molecule has 0 spiro atoms. The third-order valence-electron chi connectivity index (χ3n) is 4.32. The molecule has 0 radical (unpaired) electrons. The standard InChI is InChI=1S/C21H22F3N3OS/c1-12-8-15(11-27(4)5)13(2)17(9-12)14(3)25-20-26-18-7-6-16(10-19(18)29-20)28-21(22,23)24/h6-10H,3,11H2,1-2,4-5H3,(H,25,26). The molecule has 2 aromatic carbocycles. The number of nitrogens with zero attached hydrogens (tertiary/aromatic N) is 2. The first-order chi connectivity index (χ1) is 13.5. The predicted octanol–water partition coefficient (Wildman–Crippen LogP) is 5.96. The van der Waals surface area contributed by atoms with Crippen LogP contribution in [0.1, 0.15) is 22.3 Å². The molecule has 4 nitrogen and oxygen atoms in total. The van der Waals surface area contributed by atoms with E-state index in [1.165, 1.54) is 35.1 Å². The van der Waals surface area contributed by atoms with E-state index in [-0.39, 0.29) is 5.75 Å². The lowest BCUT2D eigenvalue weighted by Gasteiger charge is -2.18. The summed E-state index contributed by atoms with van der Waals surface area (Å²) in [5.74, 6) is -0.262. The number of fused-ring (bicyclic) bond motifs is 1. The number of nitrogens with one attached hydrogen (secondary N) is 1. The SMILES string of the molecule is C=C(Nc1nc2ccc(OC(F)(F)F)cc2s1)c1cc(C)cc(CN(C)C)c1C. The van der Waals surface area contributed by atoms with E-state index in [2.05, 4.69) is 45.6 Å². The van der Waals surface area contributed by atoms with Crippen molar-refractivity contribution in [1.29, 1.82) is 0 Å². The normalized spacial score (nSPS) is 11.9. The maximum atomic E-state index is 12.4. The lowest BCUT2D eigenvalue weighted by atomic mass is 9.97. The highest BCUT2D eigenvalue weighted by atomic mass is 32.1. The Labute approximate surface area is 171 Å². The van der Waals surface area contributed by atoms with Crippen LogP contribution in [0.15, 0.2) is 36.9 Å². The summed E-state index contributed by atoms with van der Waals surface area (Å²) in [4.78, 5) is 6.55. The van der Waals surface area contributed by atoms with Crippen molar-refractivity contribution in [2.45, 2.75) is 26.8 Å². The first-order valence-corrected chi connectivity index (χ1v) is 9.71. The molecule has 1 heterocycles. The maximum Gasteiger partial charge on any atom is 0.573 e. The minimum absolute atomic E-state index is 0.262. The van der Waals surface area contributed by atoms with Crippen LogP contribution >= 0.6 is 11.3 Å². The molecular weight excluding hydrogens is 399 g/mol. The van der Waals surface area contributed by atoms with Gasteiger partial charge >= 0.3 is 6.36 Å². The number of rotatable bonds is 6. The second kappa shape index (κ2) is 8.04. The lowest BCUT2D eigenvalue weighted by molar-refractivity contribution is -0.274. The smallest absolute Gasteiger partial charge is 0.406 e. The van der Waals surface area contributed by atoms with Crippen LogP contribution in [0.4, 0.5) is 18.3 Å². The van der Waals surface area contributed by atoms with Gasteiger partial charge in [0.15, 0.2) is 5.13 Å². The van der Waals surface area contributed by atoms with Gasteiger partial charge in [0.05, 0.1) is 10.2 Å². The summed E-state index contributed by atoms with van der Waals surface area (Å²) in [7, 11) is 4.04. The molecule has 0 aliphatic rings.